The molecule has 0 aromatic heterocycles. The number of hydrogen-bond donors (Lipinski definition) is 1. The molecule has 0 aliphatic rings. The first-order valence-electron chi connectivity index (χ1n) is 7.08. The molecule has 1 aromatic carbocycles. The van der Waals surface area contributed by atoms with Crippen molar-refractivity contribution in [3.05, 3.63) is 29.1 Å². The maximum atomic E-state index is 13.2. The Labute approximate surface area is 126 Å². The molecule has 0 bridgehead atoms. The zero-order valence-corrected chi connectivity index (χ0v) is 13.9. The van der Waals surface area contributed by atoms with Gasteiger partial charge in [-0.3, -0.25) is 0 Å². The first kappa shape index (κ1) is 18.1. The van der Waals surface area contributed by atoms with E-state index in [1.165, 1.54) is 12.1 Å². The van der Waals surface area contributed by atoms with Crippen LogP contribution in [0.1, 0.15) is 31.4 Å². The third-order valence-corrected chi connectivity index (χ3v) is 4.84. The van der Waals surface area contributed by atoms with Crippen LogP contribution in [0.5, 0.6) is 0 Å². The van der Waals surface area contributed by atoms with E-state index >= 15 is 0 Å². The Bertz CT molecular complexity index is 547. The minimum Gasteiger partial charge on any atom is -0.380 e. The number of rotatable bonds is 8. The van der Waals surface area contributed by atoms with E-state index in [4.69, 9.17) is 4.74 Å². The molecule has 0 spiro atoms. The maximum Gasteiger partial charge on any atom is 0.241 e. The van der Waals surface area contributed by atoms with Gasteiger partial charge in [0.05, 0.1) is 11.5 Å². The summed E-state index contributed by atoms with van der Waals surface area (Å²) >= 11 is 0. The number of benzene rings is 1. The Hall–Kier alpha value is -0.980. The Morgan fingerprint density at radius 1 is 1.19 bits per heavy atom. The lowest BCUT2D eigenvalue weighted by molar-refractivity contribution is 0.128. The minimum atomic E-state index is -3.64. The van der Waals surface area contributed by atoms with E-state index < -0.39 is 15.8 Å². The van der Waals surface area contributed by atoms with Crippen molar-refractivity contribution in [2.45, 2.75) is 39.0 Å². The molecule has 0 aliphatic heterocycles. The summed E-state index contributed by atoms with van der Waals surface area (Å²) in [6.07, 6.45) is 0.947. The van der Waals surface area contributed by atoms with Crippen LogP contribution >= 0.6 is 0 Å². The molecule has 0 amide bonds. The molecule has 0 fully saturated rings. The van der Waals surface area contributed by atoms with E-state index in [1.807, 2.05) is 0 Å². The van der Waals surface area contributed by atoms with Crippen molar-refractivity contribution in [3.63, 3.8) is 0 Å². The van der Waals surface area contributed by atoms with Gasteiger partial charge < -0.3 is 4.74 Å². The normalized spacial score (nSPS) is 12.1. The van der Waals surface area contributed by atoms with E-state index in [0.717, 1.165) is 6.42 Å². The van der Waals surface area contributed by atoms with E-state index in [-0.39, 0.29) is 11.4 Å². The highest BCUT2D eigenvalue weighted by molar-refractivity contribution is 7.89. The fourth-order valence-corrected chi connectivity index (χ4v) is 3.52. The van der Waals surface area contributed by atoms with Crippen LogP contribution in [0, 0.1) is 25.6 Å². The molecule has 21 heavy (non-hydrogen) atoms. The summed E-state index contributed by atoms with van der Waals surface area (Å²) in [5.74, 6) is 0.132. The van der Waals surface area contributed by atoms with Crippen molar-refractivity contribution in [1.82, 2.24) is 4.72 Å². The van der Waals surface area contributed by atoms with Crippen LogP contribution in [0.3, 0.4) is 0 Å². The third kappa shape index (κ3) is 5.73. The van der Waals surface area contributed by atoms with Gasteiger partial charge in [0.25, 0.3) is 0 Å². The molecule has 4 nitrogen and oxygen atoms in total. The van der Waals surface area contributed by atoms with Crippen molar-refractivity contribution in [2.75, 3.05) is 19.8 Å². The number of aryl methyl sites for hydroxylation is 2. The quantitative estimate of drug-likeness (QED) is 0.750. The van der Waals surface area contributed by atoms with Gasteiger partial charge in [-0.15, -0.1) is 0 Å². The molecule has 6 heteroatoms. The maximum absolute atomic E-state index is 13.2. The summed E-state index contributed by atoms with van der Waals surface area (Å²) in [5.41, 5.74) is 0.807. The lowest BCUT2D eigenvalue weighted by atomic mass is 10.1. The number of ether oxygens (including phenoxy) is 1. The van der Waals surface area contributed by atoms with Crippen LogP contribution in [0.4, 0.5) is 4.39 Å². The SMILES string of the molecule is Cc1cc(F)cc(C)c1S(=O)(=O)NCCOCCC(C)C. The lowest BCUT2D eigenvalue weighted by Crippen LogP contribution is -2.29. The molecule has 0 saturated carbocycles. The monoisotopic (exact) mass is 317 g/mol. The smallest absolute Gasteiger partial charge is 0.241 e. The standard InChI is InChI=1S/C15H24FNO3S/c1-11(2)5-7-20-8-6-17-21(18,19)15-12(3)9-14(16)10-13(15)4/h9-11,17H,5-8H2,1-4H3. The van der Waals surface area contributed by atoms with Crippen molar-refractivity contribution in [1.29, 1.82) is 0 Å². The van der Waals surface area contributed by atoms with Gasteiger partial charge in [-0.2, -0.15) is 0 Å². The minimum absolute atomic E-state index is 0.145. The predicted molar refractivity (Wildman–Crippen MR) is 81.3 cm³/mol. The average molecular weight is 317 g/mol. The van der Waals surface area contributed by atoms with E-state index in [1.54, 1.807) is 13.8 Å². The van der Waals surface area contributed by atoms with Gasteiger partial charge in [-0.25, -0.2) is 17.5 Å². The first-order chi connectivity index (χ1) is 9.74. The molecule has 1 aromatic rings. The Morgan fingerprint density at radius 3 is 2.29 bits per heavy atom. The molecule has 0 radical (unpaired) electrons. The topological polar surface area (TPSA) is 55.4 Å². The molecule has 120 valence electrons. The molecule has 0 unspecified atom stereocenters. The Kier molecular flexibility index (Phi) is 6.77. The molecule has 0 aliphatic carbocycles. The Balaban J connectivity index is 2.59. The highest BCUT2D eigenvalue weighted by Gasteiger charge is 2.19. The fraction of sp³-hybridized carbons (Fsp3) is 0.600. The van der Waals surface area contributed by atoms with Crippen LogP contribution in [0.25, 0.3) is 0 Å². The van der Waals surface area contributed by atoms with Gasteiger partial charge in [0.15, 0.2) is 0 Å². The lowest BCUT2D eigenvalue weighted by Gasteiger charge is -2.12. The van der Waals surface area contributed by atoms with Gasteiger partial charge in [-0.05, 0) is 49.4 Å². The summed E-state index contributed by atoms with van der Waals surface area (Å²) in [4.78, 5) is 0.145. The van der Waals surface area contributed by atoms with Gasteiger partial charge in [0, 0.05) is 13.2 Å². The van der Waals surface area contributed by atoms with E-state index in [0.29, 0.717) is 30.3 Å². The van der Waals surface area contributed by atoms with Crippen LogP contribution in [-0.4, -0.2) is 28.2 Å². The first-order valence-corrected chi connectivity index (χ1v) is 8.56. The highest BCUT2D eigenvalue weighted by atomic mass is 32.2. The van der Waals surface area contributed by atoms with Crippen LogP contribution in [0.15, 0.2) is 17.0 Å². The molecule has 0 heterocycles. The average Bonchev–Trinajstić information content (AvgIpc) is 2.31. The Morgan fingerprint density at radius 2 is 1.76 bits per heavy atom. The zero-order valence-electron chi connectivity index (χ0n) is 13.1. The molecule has 1 N–H and O–H groups in total. The van der Waals surface area contributed by atoms with E-state index in [9.17, 15) is 12.8 Å². The second-order valence-electron chi connectivity index (χ2n) is 5.56. The van der Waals surface area contributed by atoms with Gasteiger partial charge in [0.1, 0.15) is 5.82 Å². The van der Waals surface area contributed by atoms with Gasteiger partial charge in [0.2, 0.25) is 10.0 Å². The van der Waals surface area contributed by atoms with Crippen LogP contribution < -0.4 is 4.72 Å². The number of nitrogens with one attached hydrogen (secondary N) is 1. The fourth-order valence-electron chi connectivity index (χ4n) is 2.06. The van der Waals surface area contributed by atoms with Crippen LogP contribution in [-0.2, 0) is 14.8 Å². The largest absolute Gasteiger partial charge is 0.380 e. The molecule has 0 atom stereocenters. The number of sulfonamides is 1. The summed E-state index contributed by atoms with van der Waals surface area (Å²) in [5, 5.41) is 0. The third-order valence-electron chi connectivity index (χ3n) is 3.07. The molecular weight excluding hydrogens is 293 g/mol. The predicted octanol–water partition coefficient (Wildman–Crippen LogP) is 2.78. The van der Waals surface area contributed by atoms with Crippen molar-refractivity contribution >= 4 is 10.0 Å². The van der Waals surface area contributed by atoms with Crippen molar-refractivity contribution in [2.24, 2.45) is 5.92 Å². The second-order valence-corrected chi connectivity index (χ2v) is 7.27. The highest BCUT2D eigenvalue weighted by Crippen LogP contribution is 2.20. The molecule has 1 rings (SSSR count). The second kappa shape index (κ2) is 7.87. The zero-order chi connectivity index (χ0) is 16.0. The summed E-state index contributed by atoms with van der Waals surface area (Å²) in [6, 6.07) is 2.45. The van der Waals surface area contributed by atoms with Crippen molar-refractivity contribution in [3.8, 4) is 0 Å². The van der Waals surface area contributed by atoms with E-state index in [2.05, 4.69) is 18.6 Å². The summed E-state index contributed by atoms with van der Waals surface area (Å²) in [6.45, 7) is 8.53. The van der Waals surface area contributed by atoms with Gasteiger partial charge in [-0.1, -0.05) is 13.8 Å². The van der Waals surface area contributed by atoms with Crippen LogP contribution in [0.2, 0.25) is 0 Å². The van der Waals surface area contributed by atoms with Crippen molar-refractivity contribution < 1.29 is 17.5 Å². The van der Waals surface area contributed by atoms with Gasteiger partial charge >= 0.3 is 0 Å². The summed E-state index contributed by atoms with van der Waals surface area (Å²) < 4.78 is 45.5. The molecular formula is C15H24FNO3S. The summed E-state index contributed by atoms with van der Waals surface area (Å²) in [7, 11) is -3.64. The molecule has 0 saturated heterocycles. The number of halogens is 1. The number of hydrogen-bond acceptors (Lipinski definition) is 3.